The molecule has 5 heteroatoms. The van der Waals surface area contributed by atoms with E-state index in [9.17, 15) is 14.3 Å². The van der Waals surface area contributed by atoms with Crippen molar-refractivity contribution in [2.24, 2.45) is 5.41 Å². The molecule has 0 radical (unpaired) electrons. The topological polar surface area (TPSA) is 49.8 Å². The molecule has 126 valence electrons. The molecule has 1 amide bonds. The zero-order chi connectivity index (χ0) is 16.9. The normalized spacial score (nSPS) is 17.5. The van der Waals surface area contributed by atoms with E-state index in [1.54, 1.807) is 17.0 Å². The van der Waals surface area contributed by atoms with Crippen LogP contribution in [0, 0.1) is 11.2 Å². The van der Waals surface area contributed by atoms with Gasteiger partial charge in [-0.3, -0.25) is 4.79 Å². The number of ether oxygens (including phenoxy) is 1. The van der Waals surface area contributed by atoms with Crippen molar-refractivity contribution in [2.75, 3.05) is 26.8 Å². The molecule has 0 aliphatic carbocycles. The lowest BCUT2D eigenvalue weighted by Crippen LogP contribution is -2.43. The largest absolute Gasteiger partial charge is 0.494 e. The highest BCUT2D eigenvalue weighted by Gasteiger charge is 2.33. The van der Waals surface area contributed by atoms with Crippen LogP contribution >= 0.6 is 0 Å². The summed E-state index contributed by atoms with van der Waals surface area (Å²) in [6.45, 7) is 3.54. The van der Waals surface area contributed by atoms with E-state index in [-0.39, 0.29) is 23.7 Å². The summed E-state index contributed by atoms with van der Waals surface area (Å²) in [5.74, 6) is -0.343. The Morgan fingerprint density at radius 1 is 1.43 bits per heavy atom. The third-order valence-electron chi connectivity index (χ3n) is 4.82. The number of likely N-dealkylation sites (tertiary alicyclic amines) is 1. The van der Waals surface area contributed by atoms with Gasteiger partial charge in [0.25, 0.3) is 0 Å². The Morgan fingerprint density at radius 2 is 2.13 bits per heavy atom. The molecule has 1 heterocycles. The molecule has 4 nitrogen and oxygen atoms in total. The molecule has 1 aromatic carbocycles. The van der Waals surface area contributed by atoms with Crippen LogP contribution in [0.2, 0.25) is 0 Å². The van der Waals surface area contributed by atoms with Crippen LogP contribution in [0.5, 0.6) is 5.75 Å². The molecular formula is C18H24FNO3. The van der Waals surface area contributed by atoms with E-state index >= 15 is 0 Å². The highest BCUT2D eigenvalue weighted by atomic mass is 19.1. The molecular weight excluding hydrogens is 297 g/mol. The first-order chi connectivity index (χ1) is 11.0. The lowest BCUT2D eigenvalue weighted by Gasteiger charge is -2.39. The quantitative estimate of drug-likeness (QED) is 0.849. The van der Waals surface area contributed by atoms with Gasteiger partial charge in [-0.1, -0.05) is 13.0 Å². The van der Waals surface area contributed by atoms with Gasteiger partial charge in [0.15, 0.2) is 11.6 Å². The molecule has 0 spiro atoms. The number of aliphatic hydroxyl groups excluding tert-OH is 1. The van der Waals surface area contributed by atoms with Crippen molar-refractivity contribution in [1.29, 1.82) is 0 Å². The number of rotatable bonds is 5. The van der Waals surface area contributed by atoms with Gasteiger partial charge >= 0.3 is 0 Å². The van der Waals surface area contributed by atoms with Crippen LogP contribution in [-0.4, -0.2) is 42.7 Å². The lowest BCUT2D eigenvalue weighted by atomic mass is 9.77. The van der Waals surface area contributed by atoms with Gasteiger partial charge in [-0.2, -0.15) is 0 Å². The van der Waals surface area contributed by atoms with Crippen LogP contribution in [0.15, 0.2) is 24.3 Å². The molecule has 2 rings (SSSR count). The van der Waals surface area contributed by atoms with Gasteiger partial charge in [-0.05, 0) is 48.4 Å². The van der Waals surface area contributed by atoms with E-state index in [2.05, 4.69) is 6.92 Å². The third kappa shape index (κ3) is 4.10. The average Bonchev–Trinajstić information content (AvgIpc) is 2.60. The molecule has 1 aliphatic rings. The first-order valence-corrected chi connectivity index (χ1v) is 7.95. The Balaban J connectivity index is 1.96. The molecule has 23 heavy (non-hydrogen) atoms. The summed E-state index contributed by atoms with van der Waals surface area (Å²) in [5, 5.41) is 9.52. The van der Waals surface area contributed by atoms with Crippen LogP contribution in [0.4, 0.5) is 4.39 Å². The van der Waals surface area contributed by atoms with E-state index in [4.69, 9.17) is 4.74 Å². The van der Waals surface area contributed by atoms with Crippen molar-refractivity contribution >= 4 is 12.0 Å². The molecule has 1 fully saturated rings. The second-order valence-corrected chi connectivity index (χ2v) is 6.06. The van der Waals surface area contributed by atoms with E-state index in [0.717, 1.165) is 19.3 Å². The van der Waals surface area contributed by atoms with E-state index in [1.165, 1.54) is 25.3 Å². The van der Waals surface area contributed by atoms with Gasteiger partial charge in [-0.25, -0.2) is 4.39 Å². The number of hydrogen-bond acceptors (Lipinski definition) is 3. The van der Waals surface area contributed by atoms with Crippen LogP contribution in [0.25, 0.3) is 6.08 Å². The molecule has 0 aromatic heterocycles. The van der Waals surface area contributed by atoms with Crippen molar-refractivity contribution in [3.05, 3.63) is 35.7 Å². The predicted octanol–water partition coefficient (Wildman–Crippen LogP) is 2.86. The number of halogens is 1. The van der Waals surface area contributed by atoms with Crippen LogP contribution in [-0.2, 0) is 4.79 Å². The monoisotopic (exact) mass is 321 g/mol. The summed E-state index contributed by atoms with van der Waals surface area (Å²) < 4.78 is 18.5. The SMILES string of the molecule is CCC1(CO)CCN(C(=O)/C=C/c2ccc(OC)c(F)c2)CC1. The Hall–Kier alpha value is -1.88. The second kappa shape index (κ2) is 7.59. The number of nitrogens with zero attached hydrogens (tertiary/aromatic N) is 1. The third-order valence-corrected chi connectivity index (χ3v) is 4.82. The van der Waals surface area contributed by atoms with Crippen LogP contribution in [0.3, 0.4) is 0 Å². The van der Waals surface area contributed by atoms with Crippen molar-refractivity contribution in [3.8, 4) is 5.75 Å². The van der Waals surface area contributed by atoms with E-state index in [0.29, 0.717) is 18.7 Å². The standard InChI is InChI=1S/C18H24FNO3/c1-3-18(13-21)8-10-20(11-9-18)17(22)7-5-14-4-6-16(23-2)15(19)12-14/h4-7,12,21H,3,8-11,13H2,1-2H3/b7-5+. The zero-order valence-corrected chi connectivity index (χ0v) is 13.7. The molecule has 0 atom stereocenters. The summed E-state index contributed by atoms with van der Waals surface area (Å²) in [5.41, 5.74) is 0.575. The predicted molar refractivity (Wildman–Crippen MR) is 87.6 cm³/mol. The van der Waals surface area contributed by atoms with E-state index < -0.39 is 5.82 Å². The fourth-order valence-electron chi connectivity index (χ4n) is 2.88. The number of methoxy groups -OCH3 is 1. The molecule has 0 bridgehead atoms. The summed E-state index contributed by atoms with van der Waals surface area (Å²) in [6.07, 6.45) is 5.64. The Labute approximate surface area is 136 Å². The van der Waals surface area contributed by atoms with Gasteiger partial charge in [0.1, 0.15) is 0 Å². The van der Waals surface area contributed by atoms with Gasteiger partial charge in [0.2, 0.25) is 5.91 Å². The van der Waals surface area contributed by atoms with Crippen molar-refractivity contribution in [2.45, 2.75) is 26.2 Å². The van der Waals surface area contributed by atoms with Crippen molar-refractivity contribution in [1.82, 2.24) is 4.90 Å². The maximum Gasteiger partial charge on any atom is 0.246 e. The highest BCUT2D eigenvalue weighted by Crippen LogP contribution is 2.34. The summed E-state index contributed by atoms with van der Waals surface area (Å²) >= 11 is 0. The highest BCUT2D eigenvalue weighted by molar-refractivity contribution is 5.91. The van der Waals surface area contributed by atoms with Gasteiger partial charge < -0.3 is 14.7 Å². The summed E-state index contributed by atoms with van der Waals surface area (Å²) in [7, 11) is 1.41. The molecule has 1 saturated heterocycles. The lowest BCUT2D eigenvalue weighted by molar-refractivity contribution is -0.128. The number of piperidine rings is 1. The number of benzene rings is 1. The number of aliphatic hydroxyl groups is 1. The minimum Gasteiger partial charge on any atom is -0.494 e. The maximum absolute atomic E-state index is 13.6. The molecule has 1 aromatic rings. The van der Waals surface area contributed by atoms with Crippen molar-refractivity contribution < 1.29 is 19.0 Å². The molecule has 0 saturated carbocycles. The fraction of sp³-hybridized carbons (Fsp3) is 0.500. The van der Waals surface area contributed by atoms with E-state index in [1.807, 2.05) is 0 Å². The molecule has 1 aliphatic heterocycles. The van der Waals surface area contributed by atoms with Gasteiger partial charge in [0.05, 0.1) is 7.11 Å². The summed E-state index contributed by atoms with van der Waals surface area (Å²) in [6, 6.07) is 4.58. The Morgan fingerprint density at radius 3 is 2.65 bits per heavy atom. The van der Waals surface area contributed by atoms with Gasteiger partial charge in [0, 0.05) is 25.8 Å². The summed E-state index contributed by atoms with van der Waals surface area (Å²) in [4.78, 5) is 14.0. The average molecular weight is 321 g/mol. The number of amides is 1. The number of carbonyl (C=O) groups is 1. The zero-order valence-electron chi connectivity index (χ0n) is 13.7. The van der Waals surface area contributed by atoms with Crippen LogP contribution in [0.1, 0.15) is 31.7 Å². The first-order valence-electron chi connectivity index (χ1n) is 7.95. The number of carbonyl (C=O) groups excluding carboxylic acids is 1. The first kappa shape index (κ1) is 17.5. The van der Waals surface area contributed by atoms with Crippen molar-refractivity contribution in [3.63, 3.8) is 0 Å². The molecule has 0 unspecified atom stereocenters. The fourth-order valence-corrected chi connectivity index (χ4v) is 2.88. The van der Waals surface area contributed by atoms with Crippen LogP contribution < -0.4 is 4.74 Å². The smallest absolute Gasteiger partial charge is 0.246 e. The minimum atomic E-state index is -0.448. The second-order valence-electron chi connectivity index (χ2n) is 6.06. The minimum absolute atomic E-state index is 0.0421. The van der Waals surface area contributed by atoms with Gasteiger partial charge in [-0.15, -0.1) is 0 Å². The maximum atomic E-state index is 13.6. The number of hydrogen-bond donors (Lipinski definition) is 1. The Kier molecular flexibility index (Phi) is 5.77. The molecule has 1 N–H and O–H groups in total. The Bertz CT molecular complexity index is 572.